The summed E-state index contributed by atoms with van der Waals surface area (Å²) >= 11 is 0. The Kier molecular flexibility index (Phi) is 8.65. The zero-order valence-electron chi connectivity index (χ0n) is 13.1. The molecule has 5 heteroatoms. The lowest BCUT2D eigenvalue weighted by atomic mass is 10.1. The fourth-order valence-corrected chi connectivity index (χ4v) is 1.98. The molecule has 2 rings (SSSR count). The first kappa shape index (κ1) is 18.5. The van der Waals surface area contributed by atoms with Gasteiger partial charge in [-0.15, -0.1) is 24.0 Å². The number of rotatable bonds is 6. The van der Waals surface area contributed by atoms with E-state index in [0.717, 1.165) is 31.2 Å². The van der Waals surface area contributed by atoms with Gasteiger partial charge in [0.15, 0.2) is 5.96 Å². The lowest BCUT2D eigenvalue weighted by Gasteiger charge is -2.11. The van der Waals surface area contributed by atoms with Gasteiger partial charge < -0.3 is 15.1 Å². The van der Waals surface area contributed by atoms with Gasteiger partial charge in [-0.2, -0.15) is 0 Å². The van der Waals surface area contributed by atoms with Crippen molar-refractivity contribution in [1.29, 1.82) is 0 Å². The first-order valence-corrected chi connectivity index (χ1v) is 7.38. The maximum absolute atomic E-state index is 5.28. The second kappa shape index (κ2) is 10.3. The zero-order chi connectivity index (χ0) is 14.9. The van der Waals surface area contributed by atoms with E-state index in [1.165, 1.54) is 11.1 Å². The van der Waals surface area contributed by atoms with Crippen molar-refractivity contribution in [2.45, 2.75) is 26.8 Å². The van der Waals surface area contributed by atoms with Gasteiger partial charge in [-0.05, 0) is 38.0 Å². The predicted molar refractivity (Wildman–Crippen MR) is 102 cm³/mol. The van der Waals surface area contributed by atoms with Crippen LogP contribution in [0.1, 0.15) is 23.8 Å². The molecule has 4 nitrogen and oxygen atoms in total. The number of guanidine groups is 1. The molecular weight excluding hydrogens is 389 g/mol. The Morgan fingerprint density at radius 2 is 1.91 bits per heavy atom. The number of halogens is 1. The highest BCUT2D eigenvalue weighted by Crippen LogP contribution is 2.03. The molecule has 0 aliphatic heterocycles. The van der Waals surface area contributed by atoms with Crippen molar-refractivity contribution in [2.75, 3.05) is 13.1 Å². The summed E-state index contributed by atoms with van der Waals surface area (Å²) in [6.45, 7) is 6.41. The molecule has 0 aliphatic rings. The third-order valence-electron chi connectivity index (χ3n) is 3.14. The molecule has 2 aromatic rings. The van der Waals surface area contributed by atoms with Crippen LogP contribution in [0.2, 0.25) is 0 Å². The van der Waals surface area contributed by atoms with E-state index >= 15 is 0 Å². The highest BCUT2D eigenvalue weighted by atomic mass is 127. The molecule has 0 bridgehead atoms. The topological polar surface area (TPSA) is 49.6 Å². The fourth-order valence-electron chi connectivity index (χ4n) is 1.98. The van der Waals surface area contributed by atoms with Gasteiger partial charge in [-0.1, -0.05) is 29.8 Å². The molecule has 1 aromatic heterocycles. The number of nitrogens with one attached hydrogen (secondary N) is 2. The highest BCUT2D eigenvalue weighted by Gasteiger charge is 1.99. The summed E-state index contributed by atoms with van der Waals surface area (Å²) in [5.41, 5.74) is 2.62. The zero-order valence-corrected chi connectivity index (χ0v) is 15.5. The van der Waals surface area contributed by atoms with Crippen LogP contribution in [-0.4, -0.2) is 19.0 Å². The maximum atomic E-state index is 5.28. The largest absolute Gasteiger partial charge is 0.467 e. The average Bonchev–Trinajstić information content (AvgIpc) is 3.00. The molecule has 1 heterocycles. The molecule has 0 spiro atoms. The third-order valence-corrected chi connectivity index (χ3v) is 3.14. The fraction of sp³-hybridized carbons (Fsp3) is 0.353. The molecular formula is C17H24IN3O. The first-order valence-electron chi connectivity index (χ1n) is 7.38. The van der Waals surface area contributed by atoms with Crippen LogP contribution < -0.4 is 10.6 Å². The predicted octanol–water partition coefficient (Wildman–Crippen LogP) is 3.50. The van der Waals surface area contributed by atoms with Gasteiger partial charge in [0.05, 0.1) is 6.26 Å². The summed E-state index contributed by atoms with van der Waals surface area (Å²) in [5, 5.41) is 6.58. The summed E-state index contributed by atoms with van der Waals surface area (Å²) in [6.07, 6.45) is 2.65. The summed E-state index contributed by atoms with van der Waals surface area (Å²) in [7, 11) is 0. The number of hydrogen-bond donors (Lipinski definition) is 2. The number of furan rings is 1. The van der Waals surface area contributed by atoms with Crippen LogP contribution in [0.4, 0.5) is 0 Å². The standard InChI is InChI=1S/C17H23N3O.HI/c1-3-18-17(20-13-16-5-4-12-21-16)19-11-10-15-8-6-14(2)7-9-15;/h4-9,12H,3,10-11,13H2,1-2H3,(H2,18,19,20);1H. The van der Waals surface area contributed by atoms with Crippen LogP contribution >= 0.6 is 24.0 Å². The van der Waals surface area contributed by atoms with E-state index in [0.29, 0.717) is 6.54 Å². The molecule has 0 aliphatic carbocycles. The van der Waals surface area contributed by atoms with Crippen molar-refractivity contribution >= 4 is 29.9 Å². The number of nitrogens with zero attached hydrogens (tertiary/aromatic N) is 1. The van der Waals surface area contributed by atoms with Crippen molar-refractivity contribution in [3.8, 4) is 0 Å². The smallest absolute Gasteiger partial charge is 0.191 e. The molecule has 0 amide bonds. The van der Waals surface area contributed by atoms with Crippen molar-refractivity contribution in [3.63, 3.8) is 0 Å². The van der Waals surface area contributed by atoms with Crippen LogP contribution in [-0.2, 0) is 13.0 Å². The maximum Gasteiger partial charge on any atom is 0.191 e. The van der Waals surface area contributed by atoms with Crippen molar-refractivity contribution < 1.29 is 4.42 Å². The quantitative estimate of drug-likeness (QED) is 0.433. The lowest BCUT2D eigenvalue weighted by Crippen LogP contribution is -2.38. The Labute approximate surface area is 149 Å². The normalized spacial score (nSPS) is 10.9. The van der Waals surface area contributed by atoms with Gasteiger partial charge >= 0.3 is 0 Å². The molecule has 120 valence electrons. The molecule has 0 atom stereocenters. The van der Waals surface area contributed by atoms with Gasteiger partial charge in [0.25, 0.3) is 0 Å². The average molecular weight is 413 g/mol. The van der Waals surface area contributed by atoms with E-state index in [-0.39, 0.29) is 24.0 Å². The van der Waals surface area contributed by atoms with Gasteiger partial charge in [0, 0.05) is 13.1 Å². The monoisotopic (exact) mass is 413 g/mol. The summed E-state index contributed by atoms with van der Waals surface area (Å²) in [4.78, 5) is 4.50. The Morgan fingerprint density at radius 1 is 1.14 bits per heavy atom. The Morgan fingerprint density at radius 3 is 2.55 bits per heavy atom. The van der Waals surface area contributed by atoms with E-state index in [1.807, 2.05) is 12.1 Å². The molecule has 0 saturated heterocycles. The number of aliphatic imine (C=N–C) groups is 1. The van der Waals surface area contributed by atoms with Gasteiger partial charge in [0.2, 0.25) is 0 Å². The van der Waals surface area contributed by atoms with Crippen LogP contribution in [0.15, 0.2) is 52.1 Å². The van der Waals surface area contributed by atoms with E-state index in [9.17, 15) is 0 Å². The van der Waals surface area contributed by atoms with Crippen LogP contribution in [0, 0.1) is 6.92 Å². The van der Waals surface area contributed by atoms with Gasteiger partial charge in [-0.25, -0.2) is 4.99 Å². The van der Waals surface area contributed by atoms with E-state index in [2.05, 4.69) is 53.7 Å². The molecule has 0 fully saturated rings. The van der Waals surface area contributed by atoms with Crippen molar-refractivity contribution in [1.82, 2.24) is 10.6 Å². The summed E-state index contributed by atoms with van der Waals surface area (Å²) in [5.74, 6) is 1.69. The molecule has 0 radical (unpaired) electrons. The minimum Gasteiger partial charge on any atom is -0.467 e. The molecule has 22 heavy (non-hydrogen) atoms. The third kappa shape index (κ3) is 6.51. The Hall–Kier alpha value is -1.50. The van der Waals surface area contributed by atoms with E-state index in [1.54, 1.807) is 6.26 Å². The lowest BCUT2D eigenvalue weighted by molar-refractivity contribution is 0.512. The summed E-state index contributed by atoms with van der Waals surface area (Å²) < 4.78 is 5.28. The Bertz CT molecular complexity index is 550. The van der Waals surface area contributed by atoms with E-state index < -0.39 is 0 Å². The second-order valence-corrected chi connectivity index (χ2v) is 4.94. The number of benzene rings is 1. The number of hydrogen-bond acceptors (Lipinski definition) is 2. The molecule has 0 unspecified atom stereocenters. The van der Waals surface area contributed by atoms with Crippen LogP contribution in [0.25, 0.3) is 0 Å². The van der Waals surface area contributed by atoms with Crippen molar-refractivity contribution in [3.05, 3.63) is 59.5 Å². The Balaban J connectivity index is 0.00000242. The number of aryl methyl sites for hydroxylation is 1. The van der Waals surface area contributed by atoms with E-state index in [4.69, 9.17) is 4.42 Å². The van der Waals surface area contributed by atoms with Crippen LogP contribution in [0.3, 0.4) is 0 Å². The van der Waals surface area contributed by atoms with Gasteiger partial charge in [-0.3, -0.25) is 0 Å². The molecule has 2 N–H and O–H groups in total. The molecule has 1 aromatic carbocycles. The first-order chi connectivity index (χ1) is 10.3. The van der Waals surface area contributed by atoms with Crippen LogP contribution in [0.5, 0.6) is 0 Å². The minimum atomic E-state index is 0. The van der Waals surface area contributed by atoms with Crippen molar-refractivity contribution in [2.24, 2.45) is 4.99 Å². The summed E-state index contributed by atoms with van der Waals surface area (Å²) in [6, 6.07) is 12.4. The minimum absolute atomic E-state index is 0. The second-order valence-electron chi connectivity index (χ2n) is 4.94. The molecule has 0 saturated carbocycles. The SMILES string of the molecule is CCNC(=NCc1ccco1)NCCc1ccc(C)cc1.I. The highest BCUT2D eigenvalue weighted by molar-refractivity contribution is 14.0. The van der Waals surface area contributed by atoms with Gasteiger partial charge in [0.1, 0.15) is 12.3 Å².